The summed E-state index contributed by atoms with van der Waals surface area (Å²) in [6, 6.07) is 16.5. The molecule has 8 nitrogen and oxygen atoms in total. The van der Waals surface area contributed by atoms with Crippen LogP contribution in [0.4, 0.5) is 4.39 Å². The Morgan fingerprint density at radius 3 is 2.50 bits per heavy atom. The minimum absolute atomic E-state index is 0.138. The van der Waals surface area contributed by atoms with Crippen molar-refractivity contribution in [1.29, 1.82) is 0 Å². The number of benzene rings is 3. The Bertz CT molecular complexity index is 2260. The number of rotatable bonds is 4. The number of halogens is 2. The molecule has 4 aromatic rings. The van der Waals surface area contributed by atoms with Crippen molar-refractivity contribution in [3.05, 3.63) is 97.3 Å². The maximum atomic E-state index is 15.2. The number of fused-ring (bicyclic) bond motifs is 8. The number of piperidine rings is 2. The van der Waals surface area contributed by atoms with E-state index in [1.807, 2.05) is 18.2 Å². The van der Waals surface area contributed by atoms with E-state index in [0.29, 0.717) is 35.0 Å². The highest BCUT2D eigenvalue weighted by Crippen LogP contribution is 2.53. The Kier molecular flexibility index (Phi) is 8.40. The average molecular weight is 794 g/mol. The van der Waals surface area contributed by atoms with Crippen LogP contribution in [-0.2, 0) is 21.4 Å². The van der Waals surface area contributed by atoms with Gasteiger partial charge in [0.05, 0.1) is 27.9 Å². The number of likely N-dealkylation sites (tertiary alicyclic amines) is 1. The van der Waals surface area contributed by atoms with Gasteiger partial charge in [0.25, 0.3) is 5.56 Å². The van der Waals surface area contributed by atoms with E-state index in [-0.39, 0.29) is 28.9 Å². The van der Waals surface area contributed by atoms with E-state index in [9.17, 15) is 14.4 Å². The van der Waals surface area contributed by atoms with Gasteiger partial charge in [-0.3, -0.25) is 24.3 Å². The summed E-state index contributed by atoms with van der Waals surface area (Å²) in [5.74, 6) is 0.952. The Morgan fingerprint density at radius 2 is 1.72 bits per heavy atom. The molecule has 54 heavy (non-hydrogen) atoms. The molecule has 0 radical (unpaired) electrons. The lowest BCUT2D eigenvalue weighted by atomic mass is 9.69. The van der Waals surface area contributed by atoms with Crippen molar-refractivity contribution in [2.75, 3.05) is 19.6 Å². The molecule has 2 amide bonds. The minimum Gasteiger partial charge on any atom is -0.486 e. The average Bonchev–Trinajstić information content (AvgIpc) is 3.64. The third-order valence-corrected chi connectivity index (χ3v) is 14.7. The molecule has 4 aliphatic heterocycles. The fourth-order valence-electron chi connectivity index (χ4n) is 11.1. The maximum Gasteiger partial charge on any atom is 0.281 e. The van der Waals surface area contributed by atoms with E-state index in [1.54, 1.807) is 0 Å². The van der Waals surface area contributed by atoms with Gasteiger partial charge >= 0.3 is 0 Å². The van der Waals surface area contributed by atoms with Gasteiger partial charge in [0.2, 0.25) is 11.8 Å². The standard InChI is InChI=1S/C44H46BrFN4O4/c45-33-5-4-6-35-39(33)41(53)48-42-44(15-2-1-3-16-44)32-13-11-28(22-36(32)50(35)42)27-9-7-26(8-10-27)25-49-19-17-43(18-20-49)24-29-21-31(34(46)23-37(29)54-43)30-12-14-38(51)47-40(30)52/h4-6,11,13,21-23,26-27,30H,1-3,7-10,12,14-20,24-25H2,(H,47,51,52). The van der Waals surface area contributed by atoms with Crippen LogP contribution < -0.4 is 15.6 Å². The summed E-state index contributed by atoms with van der Waals surface area (Å²) in [7, 11) is 0. The predicted molar refractivity (Wildman–Crippen MR) is 208 cm³/mol. The topological polar surface area (TPSA) is 93.5 Å². The van der Waals surface area contributed by atoms with Gasteiger partial charge in [0, 0.05) is 61.4 Å². The number of nitrogens with one attached hydrogen (secondary N) is 1. The molecule has 2 spiro atoms. The molecule has 1 unspecified atom stereocenters. The molecule has 280 valence electrons. The molecule has 10 heteroatoms. The Hall–Kier alpha value is -3.89. The van der Waals surface area contributed by atoms with E-state index in [2.05, 4.69) is 55.0 Å². The van der Waals surface area contributed by atoms with Crippen molar-refractivity contribution in [2.24, 2.45) is 5.92 Å². The molecule has 1 aromatic heterocycles. The number of ether oxygens (including phenoxy) is 1. The molecule has 3 aromatic carbocycles. The lowest BCUT2D eigenvalue weighted by molar-refractivity contribution is -0.134. The second-order valence-corrected chi connectivity index (χ2v) is 17.9. The number of imide groups is 1. The lowest BCUT2D eigenvalue weighted by Gasteiger charge is -2.41. The van der Waals surface area contributed by atoms with Crippen molar-refractivity contribution in [3.63, 3.8) is 0 Å². The molecule has 2 aliphatic carbocycles. The Morgan fingerprint density at radius 1 is 0.926 bits per heavy atom. The second-order valence-electron chi connectivity index (χ2n) is 17.1. The number of carbonyl (C=O) groups excluding carboxylic acids is 2. The van der Waals surface area contributed by atoms with Gasteiger partial charge < -0.3 is 9.64 Å². The molecule has 0 bridgehead atoms. The summed E-state index contributed by atoms with van der Waals surface area (Å²) in [6.45, 7) is 3.02. The van der Waals surface area contributed by atoms with Gasteiger partial charge in [0.1, 0.15) is 23.0 Å². The highest BCUT2D eigenvalue weighted by atomic mass is 79.9. The molecule has 1 N–H and O–H groups in total. The first-order valence-electron chi connectivity index (χ1n) is 20.1. The fourth-order valence-corrected chi connectivity index (χ4v) is 11.7. The number of amides is 2. The van der Waals surface area contributed by atoms with Gasteiger partial charge in [-0.1, -0.05) is 37.5 Å². The molecule has 4 fully saturated rings. The molecule has 5 heterocycles. The third kappa shape index (κ3) is 5.60. The molecule has 1 atom stereocenters. The van der Waals surface area contributed by atoms with Crippen molar-refractivity contribution >= 4 is 38.6 Å². The van der Waals surface area contributed by atoms with Crippen molar-refractivity contribution < 1.29 is 18.7 Å². The predicted octanol–water partition coefficient (Wildman–Crippen LogP) is 8.11. The van der Waals surface area contributed by atoms with Crippen molar-refractivity contribution in [1.82, 2.24) is 19.8 Å². The third-order valence-electron chi connectivity index (χ3n) is 14.0. The number of carbonyl (C=O) groups is 2. The van der Waals surface area contributed by atoms with Crippen LogP contribution in [-0.4, -0.2) is 51.5 Å². The van der Waals surface area contributed by atoms with Gasteiger partial charge in [-0.15, -0.1) is 0 Å². The highest BCUT2D eigenvalue weighted by Gasteiger charge is 2.47. The first-order chi connectivity index (χ1) is 26.2. The van der Waals surface area contributed by atoms with Crippen LogP contribution in [0.15, 0.2) is 57.8 Å². The smallest absolute Gasteiger partial charge is 0.281 e. The van der Waals surface area contributed by atoms with E-state index in [0.717, 1.165) is 86.0 Å². The SMILES string of the molecule is O=C1CCC(c2cc3c(cc2F)OC2(CCN(CC4CCC(c5ccc6c(c5)-n5c(nc(=O)c7c(Br)cccc75)C65CCCCC5)CC4)CC2)C3)C(=O)N1. The fraction of sp³-hybridized carbons (Fsp3) is 0.500. The molecule has 6 aliphatic rings. The van der Waals surface area contributed by atoms with Crippen molar-refractivity contribution in [2.45, 2.75) is 113 Å². The number of nitrogens with zero attached hydrogens (tertiary/aromatic N) is 3. The van der Waals surface area contributed by atoms with E-state index in [1.165, 1.54) is 55.0 Å². The zero-order valence-electron chi connectivity index (χ0n) is 30.6. The van der Waals surface area contributed by atoms with Crippen LogP contribution in [0.25, 0.3) is 16.6 Å². The summed E-state index contributed by atoms with van der Waals surface area (Å²) >= 11 is 3.65. The first kappa shape index (κ1) is 34.6. The van der Waals surface area contributed by atoms with Gasteiger partial charge in [-0.25, -0.2) is 4.39 Å². The summed E-state index contributed by atoms with van der Waals surface area (Å²) < 4.78 is 24.8. The van der Waals surface area contributed by atoms with Gasteiger partial charge in [-0.05, 0) is 114 Å². The number of hydrogen-bond acceptors (Lipinski definition) is 6. The zero-order valence-corrected chi connectivity index (χ0v) is 32.2. The Labute approximate surface area is 323 Å². The van der Waals surface area contributed by atoms with Gasteiger partial charge in [0.15, 0.2) is 0 Å². The Balaban J connectivity index is 0.802. The molecular weight excluding hydrogens is 747 g/mol. The molecular formula is C44H46BrFN4O4. The number of aromatic nitrogens is 2. The molecule has 2 saturated carbocycles. The number of hydrogen-bond donors (Lipinski definition) is 1. The first-order valence-corrected chi connectivity index (χ1v) is 20.9. The quantitative estimate of drug-likeness (QED) is 0.210. The summed E-state index contributed by atoms with van der Waals surface area (Å²) in [5.41, 5.74) is 5.61. The van der Waals surface area contributed by atoms with E-state index >= 15 is 4.39 Å². The monoisotopic (exact) mass is 792 g/mol. The summed E-state index contributed by atoms with van der Waals surface area (Å²) in [4.78, 5) is 45.0. The lowest BCUT2D eigenvalue weighted by Crippen LogP contribution is -2.48. The highest BCUT2D eigenvalue weighted by molar-refractivity contribution is 9.10. The summed E-state index contributed by atoms with van der Waals surface area (Å²) in [5, 5.41) is 3.02. The van der Waals surface area contributed by atoms with Crippen molar-refractivity contribution in [3.8, 4) is 11.4 Å². The zero-order chi connectivity index (χ0) is 36.8. The van der Waals surface area contributed by atoms with E-state index < -0.39 is 17.6 Å². The largest absolute Gasteiger partial charge is 0.486 e. The second kappa shape index (κ2) is 13.1. The van der Waals surface area contributed by atoms with E-state index in [4.69, 9.17) is 9.72 Å². The van der Waals surface area contributed by atoms with Crippen LogP contribution in [0.3, 0.4) is 0 Å². The summed E-state index contributed by atoms with van der Waals surface area (Å²) in [6.07, 6.45) is 13.5. The molecule has 10 rings (SSSR count). The maximum absolute atomic E-state index is 15.2. The molecule has 2 saturated heterocycles. The van der Waals surface area contributed by atoms with Crippen LogP contribution in [0.1, 0.15) is 123 Å². The normalized spacial score (nSPS) is 25.7. The van der Waals surface area contributed by atoms with Gasteiger partial charge in [-0.2, -0.15) is 4.98 Å². The van der Waals surface area contributed by atoms with Crippen LogP contribution in [0.2, 0.25) is 0 Å². The van der Waals surface area contributed by atoms with Crippen LogP contribution >= 0.6 is 15.9 Å². The van der Waals surface area contributed by atoms with Crippen LogP contribution in [0, 0.1) is 11.7 Å². The minimum atomic E-state index is -0.637. The van der Waals surface area contributed by atoms with Crippen LogP contribution in [0.5, 0.6) is 5.75 Å².